The van der Waals surface area contributed by atoms with Crippen molar-refractivity contribution in [1.82, 2.24) is 4.98 Å². The summed E-state index contributed by atoms with van der Waals surface area (Å²) in [6, 6.07) is 3.15. The maximum Gasteiger partial charge on any atom is 0.340 e. The van der Waals surface area contributed by atoms with Gasteiger partial charge in [-0.1, -0.05) is 19.8 Å². The molecule has 0 saturated carbocycles. The Kier molecular flexibility index (Phi) is 5.19. The molecule has 1 heterocycles. The minimum Gasteiger partial charge on any atom is -0.462 e. The third-order valence-corrected chi connectivity index (χ3v) is 2.15. The highest BCUT2D eigenvalue weighted by atomic mass is 16.5. The molecule has 1 aromatic heterocycles. The molecule has 0 N–H and O–H groups in total. The van der Waals surface area contributed by atoms with E-state index in [2.05, 4.69) is 11.9 Å². The van der Waals surface area contributed by atoms with E-state index in [1.807, 2.05) is 0 Å². The van der Waals surface area contributed by atoms with Gasteiger partial charge >= 0.3 is 5.97 Å². The van der Waals surface area contributed by atoms with Gasteiger partial charge in [0.2, 0.25) is 0 Å². The largest absolute Gasteiger partial charge is 0.462 e. The van der Waals surface area contributed by atoms with Crippen molar-refractivity contribution in [1.29, 1.82) is 0 Å². The molecule has 0 amide bonds. The van der Waals surface area contributed by atoms with E-state index >= 15 is 0 Å². The number of aldehydes is 1. The van der Waals surface area contributed by atoms with Crippen LogP contribution in [0.2, 0.25) is 0 Å². The molecule has 4 nitrogen and oxygen atoms in total. The first-order chi connectivity index (χ1) is 7.79. The molecule has 0 fully saturated rings. The van der Waals surface area contributed by atoms with E-state index in [0.717, 1.165) is 19.3 Å². The highest BCUT2D eigenvalue weighted by Crippen LogP contribution is 2.06. The molecule has 0 bridgehead atoms. The van der Waals surface area contributed by atoms with Crippen LogP contribution in [-0.2, 0) is 4.74 Å². The zero-order valence-corrected chi connectivity index (χ0v) is 9.31. The van der Waals surface area contributed by atoms with Crippen molar-refractivity contribution >= 4 is 12.3 Å². The van der Waals surface area contributed by atoms with E-state index in [4.69, 9.17) is 4.74 Å². The molecular formula is C12H15NO3. The average Bonchev–Trinajstić information content (AvgIpc) is 2.34. The van der Waals surface area contributed by atoms with Crippen LogP contribution in [-0.4, -0.2) is 23.8 Å². The van der Waals surface area contributed by atoms with Crippen LogP contribution in [0.15, 0.2) is 18.3 Å². The molecule has 0 aliphatic carbocycles. The van der Waals surface area contributed by atoms with Crippen molar-refractivity contribution in [2.45, 2.75) is 26.2 Å². The van der Waals surface area contributed by atoms with Gasteiger partial charge in [-0.05, 0) is 18.6 Å². The number of carbonyl (C=O) groups is 2. The number of ether oxygens (including phenoxy) is 1. The second-order valence-corrected chi connectivity index (χ2v) is 3.40. The zero-order valence-electron chi connectivity index (χ0n) is 9.31. The zero-order chi connectivity index (χ0) is 11.8. The number of carbonyl (C=O) groups excluding carboxylic acids is 2. The Morgan fingerprint density at radius 3 is 3.00 bits per heavy atom. The Hall–Kier alpha value is -1.71. The Balaban J connectivity index is 2.55. The van der Waals surface area contributed by atoms with Gasteiger partial charge < -0.3 is 4.74 Å². The second-order valence-electron chi connectivity index (χ2n) is 3.40. The number of hydrogen-bond donors (Lipinski definition) is 0. The molecule has 0 aliphatic rings. The Morgan fingerprint density at radius 2 is 2.31 bits per heavy atom. The maximum atomic E-state index is 11.6. The summed E-state index contributed by atoms with van der Waals surface area (Å²) >= 11 is 0. The van der Waals surface area contributed by atoms with Gasteiger partial charge in [-0.25, -0.2) is 4.79 Å². The first-order valence-electron chi connectivity index (χ1n) is 5.37. The second kappa shape index (κ2) is 6.71. The van der Waals surface area contributed by atoms with Crippen molar-refractivity contribution in [3.05, 3.63) is 29.6 Å². The summed E-state index contributed by atoms with van der Waals surface area (Å²) in [5, 5.41) is 0. The maximum absolute atomic E-state index is 11.6. The van der Waals surface area contributed by atoms with Crippen LogP contribution in [0.25, 0.3) is 0 Å². The molecule has 0 aromatic carbocycles. The van der Waals surface area contributed by atoms with E-state index in [-0.39, 0.29) is 11.3 Å². The Morgan fingerprint density at radius 1 is 1.50 bits per heavy atom. The predicted octanol–water partition coefficient (Wildman–Crippen LogP) is 2.24. The van der Waals surface area contributed by atoms with Gasteiger partial charge in [0.1, 0.15) is 5.69 Å². The fourth-order valence-electron chi connectivity index (χ4n) is 1.28. The normalized spacial score (nSPS) is 9.81. The van der Waals surface area contributed by atoms with Gasteiger partial charge in [0.05, 0.1) is 12.2 Å². The monoisotopic (exact) mass is 221 g/mol. The molecule has 86 valence electrons. The number of unbranched alkanes of at least 4 members (excludes halogenated alkanes) is 2. The van der Waals surface area contributed by atoms with Crippen LogP contribution in [0.4, 0.5) is 0 Å². The highest BCUT2D eigenvalue weighted by Gasteiger charge is 2.12. The summed E-state index contributed by atoms with van der Waals surface area (Å²) in [5.41, 5.74) is 0.358. The molecule has 0 saturated heterocycles. The lowest BCUT2D eigenvalue weighted by atomic mass is 10.2. The number of aromatic nitrogens is 1. The minimum absolute atomic E-state index is 0.128. The van der Waals surface area contributed by atoms with Gasteiger partial charge in [-0.15, -0.1) is 0 Å². The quantitative estimate of drug-likeness (QED) is 0.420. The number of esters is 1. The summed E-state index contributed by atoms with van der Waals surface area (Å²) in [6.45, 7) is 2.47. The minimum atomic E-state index is -0.480. The Labute approximate surface area is 94.6 Å². The van der Waals surface area contributed by atoms with Crippen molar-refractivity contribution in [3.63, 3.8) is 0 Å². The molecule has 0 unspecified atom stereocenters. The van der Waals surface area contributed by atoms with Gasteiger partial charge in [-0.2, -0.15) is 0 Å². The number of pyridine rings is 1. The van der Waals surface area contributed by atoms with E-state index in [1.54, 1.807) is 12.1 Å². The number of rotatable bonds is 6. The topological polar surface area (TPSA) is 56.3 Å². The third-order valence-electron chi connectivity index (χ3n) is 2.15. The fourth-order valence-corrected chi connectivity index (χ4v) is 1.28. The molecule has 0 spiro atoms. The molecule has 0 radical (unpaired) electrons. The summed E-state index contributed by atoms with van der Waals surface area (Å²) in [7, 11) is 0. The summed E-state index contributed by atoms with van der Waals surface area (Å²) < 4.78 is 5.03. The third kappa shape index (κ3) is 3.46. The molecule has 4 heteroatoms. The number of nitrogens with zero attached hydrogens (tertiary/aromatic N) is 1. The van der Waals surface area contributed by atoms with E-state index in [9.17, 15) is 9.59 Å². The average molecular weight is 221 g/mol. The predicted molar refractivity (Wildman–Crippen MR) is 59.4 cm³/mol. The molecule has 1 aromatic rings. The van der Waals surface area contributed by atoms with Crippen LogP contribution in [0.5, 0.6) is 0 Å². The Bertz CT molecular complexity index is 363. The van der Waals surface area contributed by atoms with Crippen molar-refractivity contribution in [3.8, 4) is 0 Å². The van der Waals surface area contributed by atoms with E-state index < -0.39 is 5.97 Å². The van der Waals surface area contributed by atoms with E-state index in [1.165, 1.54) is 6.20 Å². The van der Waals surface area contributed by atoms with Crippen LogP contribution in [0.1, 0.15) is 47.0 Å². The smallest absolute Gasteiger partial charge is 0.340 e. The van der Waals surface area contributed by atoms with Crippen LogP contribution >= 0.6 is 0 Å². The summed E-state index contributed by atoms with van der Waals surface area (Å²) in [6.07, 6.45) is 4.98. The van der Waals surface area contributed by atoms with Crippen molar-refractivity contribution in [2.75, 3.05) is 6.61 Å². The lowest BCUT2D eigenvalue weighted by Gasteiger charge is -2.05. The van der Waals surface area contributed by atoms with E-state index in [0.29, 0.717) is 12.9 Å². The van der Waals surface area contributed by atoms with Crippen molar-refractivity contribution in [2.24, 2.45) is 0 Å². The SMILES string of the molecule is CCCCCOC(=O)c1cccnc1C=O. The first-order valence-corrected chi connectivity index (χ1v) is 5.37. The van der Waals surface area contributed by atoms with Crippen LogP contribution in [0.3, 0.4) is 0 Å². The van der Waals surface area contributed by atoms with Gasteiger partial charge in [-0.3, -0.25) is 9.78 Å². The highest BCUT2D eigenvalue weighted by molar-refractivity contribution is 5.96. The lowest BCUT2D eigenvalue weighted by molar-refractivity contribution is 0.0495. The fraction of sp³-hybridized carbons (Fsp3) is 0.417. The lowest BCUT2D eigenvalue weighted by Crippen LogP contribution is -2.10. The number of hydrogen-bond acceptors (Lipinski definition) is 4. The first kappa shape index (κ1) is 12.4. The van der Waals surface area contributed by atoms with Crippen molar-refractivity contribution < 1.29 is 14.3 Å². The summed E-state index contributed by atoms with van der Waals surface area (Å²) in [4.78, 5) is 26.0. The molecule has 16 heavy (non-hydrogen) atoms. The van der Waals surface area contributed by atoms with Gasteiger partial charge in [0.15, 0.2) is 6.29 Å². The summed E-state index contributed by atoms with van der Waals surface area (Å²) in [5.74, 6) is -0.480. The molecular weight excluding hydrogens is 206 g/mol. The standard InChI is InChI=1S/C12H15NO3/c1-2-3-4-8-16-12(15)10-6-5-7-13-11(10)9-14/h5-7,9H,2-4,8H2,1H3. The van der Waals surface area contributed by atoms with Gasteiger partial charge in [0.25, 0.3) is 0 Å². The molecule has 1 rings (SSSR count). The van der Waals surface area contributed by atoms with Crippen LogP contribution < -0.4 is 0 Å². The molecule has 0 aliphatic heterocycles. The van der Waals surface area contributed by atoms with Gasteiger partial charge in [0, 0.05) is 6.20 Å². The molecule has 0 atom stereocenters. The van der Waals surface area contributed by atoms with Crippen LogP contribution in [0, 0.1) is 0 Å².